The second-order valence-corrected chi connectivity index (χ2v) is 4.93. The monoisotopic (exact) mass is 284 g/mol. The molecule has 1 rings (SSSR count). The highest BCUT2D eigenvalue weighted by atomic mass is 79.9. The van der Waals surface area contributed by atoms with Crippen molar-refractivity contribution in [3.05, 3.63) is 34.3 Å². The van der Waals surface area contributed by atoms with Crippen molar-refractivity contribution in [3.8, 4) is 0 Å². The topological polar surface area (TPSA) is 26.3 Å². The van der Waals surface area contributed by atoms with Crippen LogP contribution in [0.5, 0.6) is 0 Å². The maximum absolute atomic E-state index is 12.1. The van der Waals surface area contributed by atoms with Gasteiger partial charge in [-0.2, -0.15) is 0 Å². The average molecular weight is 285 g/mol. The van der Waals surface area contributed by atoms with Crippen LogP contribution in [0.2, 0.25) is 0 Å². The molecule has 0 amide bonds. The Morgan fingerprint density at radius 1 is 1.50 bits per heavy atom. The predicted octanol–water partition coefficient (Wildman–Crippen LogP) is 3.38. The van der Waals surface area contributed by atoms with Crippen LogP contribution in [0.3, 0.4) is 0 Å². The van der Waals surface area contributed by atoms with Gasteiger partial charge >= 0.3 is 0 Å². The smallest absolute Gasteiger partial charge is 0.168 e. The summed E-state index contributed by atoms with van der Waals surface area (Å²) in [6.07, 6.45) is 1.11. The molecule has 0 N–H and O–H groups in total. The highest BCUT2D eigenvalue weighted by molar-refractivity contribution is 9.10. The number of hydrogen-bond donors (Lipinski definition) is 0. The van der Waals surface area contributed by atoms with E-state index in [1.165, 1.54) is 0 Å². The molecule has 1 unspecified atom stereocenters. The van der Waals surface area contributed by atoms with Crippen LogP contribution in [0.4, 0.5) is 0 Å². The highest BCUT2D eigenvalue weighted by Crippen LogP contribution is 2.19. The lowest BCUT2D eigenvalue weighted by Crippen LogP contribution is -2.37. The third-order valence-corrected chi connectivity index (χ3v) is 3.46. The number of hydrogen-bond acceptors (Lipinski definition) is 2. The lowest BCUT2D eigenvalue weighted by atomic mass is 9.92. The fourth-order valence-corrected chi connectivity index (χ4v) is 1.92. The number of ketones is 1. The molecule has 1 aromatic carbocycles. The summed E-state index contributed by atoms with van der Waals surface area (Å²) in [4.78, 5) is 12.1. The Bertz CT molecular complexity index is 370. The third kappa shape index (κ3) is 3.16. The SMILES string of the molecule is CCC(C)(OC)C(=O)Cc1cccc(Br)c1. The molecule has 88 valence electrons. The molecule has 16 heavy (non-hydrogen) atoms. The zero-order chi connectivity index (χ0) is 12.2. The van der Waals surface area contributed by atoms with Gasteiger partial charge in [0.2, 0.25) is 0 Å². The first kappa shape index (κ1) is 13.4. The fourth-order valence-electron chi connectivity index (χ4n) is 1.47. The van der Waals surface area contributed by atoms with Gasteiger partial charge in [-0.3, -0.25) is 4.79 Å². The molecule has 1 atom stereocenters. The van der Waals surface area contributed by atoms with Gasteiger partial charge in [-0.15, -0.1) is 0 Å². The minimum atomic E-state index is -0.664. The normalized spacial score (nSPS) is 14.5. The van der Waals surface area contributed by atoms with Gasteiger partial charge in [0.05, 0.1) is 0 Å². The highest BCUT2D eigenvalue weighted by Gasteiger charge is 2.30. The van der Waals surface area contributed by atoms with Crippen molar-refractivity contribution in [2.45, 2.75) is 32.3 Å². The van der Waals surface area contributed by atoms with Crippen LogP contribution in [0, 0.1) is 0 Å². The molecule has 0 bridgehead atoms. The number of carbonyl (C=O) groups is 1. The van der Waals surface area contributed by atoms with Crippen LogP contribution in [-0.4, -0.2) is 18.5 Å². The van der Waals surface area contributed by atoms with Gasteiger partial charge in [0.25, 0.3) is 0 Å². The van der Waals surface area contributed by atoms with Crippen molar-refractivity contribution >= 4 is 21.7 Å². The fraction of sp³-hybridized carbons (Fsp3) is 0.462. The Morgan fingerprint density at radius 3 is 2.69 bits per heavy atom. The van der Waals surface area contributed by atoms with Crippen LogP contribution in [0.1, 0.15) is 25.8 Å². The van der Waals surface area contributed by atoms with E-state index < -0.39 is 5.60 Å². The molecule has 0 heterocycles. The molecule has 2 nitrogen and oxygen atoms in total. The largest absolute Gasteiger partial charge is 0.371 e. The minimum absolute atomic E-state index is 0.121. The summed E-state index contributed by atoms with van der Waals surface area (Å²) in [5.41, 5.74) is 0.346. The number of halogens is 1. The van der Waals surface area contributed by atoms with Crippen molar-refractivity contribution in [1.29, 1.82) is 0 Å². The van der Waals surface area contributed by atoms with Gasteiger partial charge in [0.1, 0.15) is 5.60 Å². The number of rotatable bonds is 5. The zero-order valence-corrected chi connectivity index (χ0v) is 11.5. The van der Waals surface area contributed by atoms with E-state index in [1.54, 1.807) is 7.11 Å². The number of ether oxygens (including phenoxy) is 1. The number of Topliss-reactive ketones (excluding diaryl/α,β-unsaturated/α-hetero) is 1. The Hall–Kier alpha value is -0.670. The Morgan fingerprint density at radius 2 is 2.19 bits per heavy atom. The molecule has 0 aliphatic rings. The standard InChI is InChI=1S/C13H17BrO2/c1-4-13(2,16-3)12(15)9-10-6-5-7-11(14)8-10/h5-8H,4,9H2,1-3H3. The molecule has 1 aromatic rings. The van der Waals surface area contributed by atoms with Crippen LogP contribution < -0.4 is 0 Å². The Labute approximate surface area is 105 Å². The van der Waals surface area contributed by atoms with Crippen molar-refractivity contribution in [1.82, 2.24) is 0 Å². The van der Waals surface area contributed by atoms with Gasteiger partial charge in [0.15, 0.2) is 5.78 Å². The van der Waals surface area contributed by atoms with Gasteiger partial charge in [-0.1, -0.05) is 35.0 Å². The van der Waals surface area contributed by atoms with E-state index in [2.05, 4.69) is 15.9 Å². The summed E-state index contributed by atoms with van der Waals surface area (Å²) in [5, 5.41) is 0. The molecule has 0 fully saturated rings. The van der Waals surface area contributed by atoms with E-state index in [0.717, 1.165) is 10.0 Å². The van der Waals surface area contributed by atoms with Gasteiger partial charge in [0, 0.05) is 18.0 Å². The first-order valence-electron chi connectivity index (χ1n) is 5.34. The van der Waals surface area contributed by atoms with Gasteiger partial charge in [-0.25, -0.2) is 0 Å². The van der Waals surface area contributed by atoms with Crippen molar-refractivity contribution in [2.24, 2.45) is 0 Å². The van der Waals surface area contributed by atoms with Crippen molar-refractivity contribution < 1.29 is 9.53 Å². The summed E-state index contributed by atoms with van der Waals surface area (Å²) in [5.74, 6) is 0.121. The zero-order valence-electron chi connectivity index (χ0n) is 9.92. The summed E-state index contributed by atoms with van der Waals surface area (Å²) < 4.78 is 6.28. The van der Waals surface area contributed by atoms with E-state index in [1.807, 2.05) is 38.1 Å². The second kappa shape index (κ2) is 5.60. The van der Waals surface area contributed by atoms with E-state index in [4.69, 9.17) is 4.74 Å². The van der Waals surface area contributed by atoms with E-state index in [0.29, 0.717) is 12.8 Å². The summed E-state index contributed by atoms with van der Waals surface area (Å²) >= 11 is 3.39. The van der Waals surface area contributed by atoms with Crippen LogP contribution >= 0.6 is 15.9 Å². The second-order valence-electron chi connectivity index (χ2n) is 4.02. The molecule has 0 radical (unpaired) electrons. The first-order valence-corrected chi connectivity index (χ1v) is 6.14. The quantitative estimate of drug-likeness (QED) is 0.829. The van der Waals surface area contributed by atoms with E-state index in [-0.39, 0.29) is 5.78 Å². The maximum atomic E-state index is 12.1. The van der Waals surface area contributed by atoms with E-state index in [9.17, 15) is 4.79 Å². The molecule has 0 saturated heterocycles. The number of benzene rings is 1. The summed E-state index contributed by atoms with van der Waals surface area (Å²) in [6, 6.07) is 7.80. The summed E-state index contributed by atoms with van der Waals surface area (Å²) in [6.45, 7) is 3.80. The van der Waals surface area contributed by atoms with Crippen LogP contribution in [-0.2, 0) is 16.0 Å². The molecule has 0 saturated carbocycles. The van der Waals surface area contributed by atoms with Gasteiger partial charge < -0.3 is 4.74 Å². The van der Waals surface area contributed by atoms with Crippen molar-refractivity contribution in [3.63, 3.8) is 0 Å². The third-order valence-electron chi connectivity index (χ3n) is 2.97. The van der Waals surface area contributed by atoms with Crippen LogP contribution in [0.15, 0.2) is 28.7 Å². The lowest BCUT2D eigenvalue weighted by Gasteiger charge is -2.24. The van der Waals surface area contributed by atoms with E-state index >= 15 is 0 Å². The Balaban J connectivity index is 2.78. The first-order chi connectivity index (χ1) is 7.51. The average Bonchev–Trinajstić information content (AvgIpc) is 2.28. The number of methoxy groups -OCH3 is 1. The predicted molar refractivity (Wildman–Crippen MR) is 68.6 cm³/mol. The minimum Gasteiger partial charge on any atom is -0.371 e. The lowest BCUT2D eigenvalue weighted by molar-refractivity contribution is -0.138. The molecular formula is C13H17BrO2. The molecule has 3 heteroatoms. The summed E-state index contributed by atoms with van der Waals surface area (Å²) in [7, 11) is 1.59. The van der Waals surface area contributed by atoms with Crippen LogP contribution in [0.25, 0.3) is 0 Å². The van der Waals surface area contributed by atoms with Gasteiger partial charge in [-0.05, 0) is 31.0 Å². The number of carbonyl (C=O) groups excluding carboxylic acids is 1. The maximum Gasteiger partial charge on any atom is 0.168 e. The molecular weight excluding hydrogens is 268 g/mol. The molecule has 0 aromatic heterocycles. The van der Waals surface area contributed by atoms with Crippen molar-refractivity contribution in [2.75, 3.05) is 7.11 Å². The Kier molecular flexibility index (Phi) is 4.69. The molecule has 0 aliphatic carbocycles. The molecule has 0 spiro atoms. The molecule has 0 aliphatic heterocycles.